The summed E-state index contributed by atoms with van der Waals surface area (Å²) in [4.78, 5) is 26.3. The minimum absolute atomic E-state index is 0.0174. The number of nitrogens with one attached hydrogen (secondary N) is 1. The van der Waals surface area contributed by atoms with Crippen molar-refractivity contribution in [2.24, 2.45) is 5.92 Å². The first-order valence-electron chi connectivity index (χ1n) is 8.32. The average molecular weight is 322 g/mol. The predicted octanol–water partition coefficient (Wildman–Crippen LogP) is 2.71. The molecule has 2 aromatic rings. The van der Waals surface area contributed by atoms with Gasteiger partial charge in [0, 0.05) is 25.2 Å². The number of hydrogen-bond acceptors (Lipinski definition) is 2. The summed E-state index contributed by atoms with van der Waals surface area (Å²) in [7, 11) is 0. The molecule has 2 aromatic carbocycles. The first-order valence-corrected chi connectivity index (χ1v) is 8.32. The number of rotatable bonds is 5. The molecule has 1 atom stereocenters. The summed E-state index contributed by atoms with van der Waals surface area (Å²) in [6.07, 6.45) is 1.08. The number of anilines is 1. The molecular formula is C20H22N2O2. The molecule has 0 saturated carbocycles. The molecule has 0 aliphatic carbocycles. The van der Waals surface area contributed by atoms with Crippen LogP contribution in [0.25, 0.3) is 0 Å². The van der Waals surface area contributed by atoms with Crippen molar-refractivity contribution in [1.29, 1.82) is 0 Å². The van der Waals surface area contributed by atoms with E-state index in [2.05, 4.69) is 5.32 Å². The number of aryl methyl sites for hydroxylation is 1. The van der Waals surface area contributed by atoms with Gasteiger partial charge >= 0.3 is 0 Å². The van der Waals surface area contributed by atoms with Crippen molar-refractivity contribution < 1.29 is 9.59 Å². The lowest BCUT2D eigenvalue weighted by atomic mass is 10.1. The quantitative estimate of drug-likeness (QED) is 0.920. The highest BCUT2D eigenvalue weighted by Crippen LogP contribution is 2.25. The van der Waals surface area contributed by atoms with E-state index in [4.69, 9.17) is 0 Å². The van der Waals surface area contributed by atoms with Crippen molar-refractivity contribution in [3.05, 3.63) is 65.7 Å². The molecule has 4 nitrogen and oxygen atoms in total. The first-order chi connectivity index (χ1) is 11.6. The van der Waals surface area contributed by atoms with Gasteiger partial charge in [0.15, 0.2) is 0 Å². The third-order valence-electron chi connectivity index (χ3n) is 4.36. The largest absolute Gasteiger partial charge is 0.355 e. The van der Waals surface area contributed by atoms with Crippen LogP contribution in [0.3, 0.4) is 0 Å². The fourth-order valence-electron chi connectivity index (χ4n) is 3.05. The van der Waals surface area contributed by atoms with Gasteiger partial charge in [0.2, 0.25) is 11.8 Å². The van der Waals surface area contributed by atoms with Gasteiger partial charge in [-0.3, -0.25) is 9.59 Å². The van der Waals surface area contributed by atoms with Crippen LogP contribution in [-0.2, 0) is 16.0 Å². The highest BCUT2D eigenvalue weighted by molar-refractivity contribution is 6.00. The van der Waals surface area contributed by atoms with Gasteiger partial charge in [0.25, 0.3) is 0 Å². The van der Waals surface area contributed by atoms with Crippen molar-refractivity contribution in [3.8, 4) is 0 Å². The van der Waals surface area contributed by atoms with E-state index in [1.165, 1.54) is 5.56 Å². The second-order valence-electron chi connectivity index (χ2n) is 6.27. The van der Waals surface area contributed by atoms with Crippen LogP contribution in [0.1, 0.15) is 17.5 Å². The Labute approximate surface area is 142 Å². The van der Waals surface area contributed by atoms with Crippen molar-refractivity contribution in [1.82, 2.24) is 5.32 Å². The SMILES string of the molecule is Cc1cccc(N2C[C@@H](C(=O)NCCc3ccccc3)CC2=O)c1. The summed E-state index contributed by atoms with van der Waals surface area (Å²) in [6, 6.07) is 17.9. The maximum atomic E-state index is 12.3. The van der Waals surface area contributed by atoms with Gasteiger partial charge < -0.3 is 10.2 Å². The van der Waals surface area contributed by atoms with Crippen LogP contribution in [0.5, 0.6) is 0 Å². The molecule has 1 N–H and O–H groups in total. The summed E-state index contributed by atoms with van der Waals surface area (Å²) in [6.45, 7) is 3.05. The molecule has 0 radical (unpaired) electrons. The lowest BCUT2D eigenvalue weighted by molar-refractivity contribution is -0.126. The second-order valence-corrected chi connectivity index (χ2v) is 6.27. The van der Waals surface area contributed by atoms with Crippen molar-refractivity contribution in [2.45, 2.75) is 19.8 Å². The van der Waals surface area contributed by atoms with E-state index in [1.54, 1.807) is 4.90 Å². The Morgan fingerprint density at radius 3 is 2.71 bits per heavy atom. The highest BCUT2D eigenvalue weighted by atomic mass is 16.2. The summed E-state index contributed by atoms with van der Waals surface area (Å²) in [5, 5.41) is 2.96. The van der Waals surface area contributed by atoms with Gasteiger partial charge in [-0.15, -0.1) is 0 Å². The molecule has 0 unspecified atom stereocenters. The van der Waals surface area contributed by atoms with Crippen LogP contribution in [0.15, 0.2) is 54.6 Å². The van der Waals surface area contributed by atoms with Gasteiger partial charge in [-0.1, -0.05) is 42.5 Å². The van der Waals surface area contributed by atoms with E-state index < -0.39 is 0 Å². The van der Waals surface area contributed by atoms with E-state index in [0.29, 0.717) is 13.1 Å². The minimum Gasteiger partial charge on any atom is -0.355 e. The molecule has 0 bridgehead atoms. The normalized spacial score (nSPS) is 17.1. The Morgan fingerprint density at radius 2 is 1.96 bits per heavy atom. The number of hydrogen-bond donors (Lipinski definition) is 1. The van der Waals surface area contributed by atoms with Gasteiger partial charge in [-0.05, 0) is 36.6 Å². The summed E-state index contributed by atoms with van der Waals surface area (Å²) in [5.41, 5.74) is 3.18. The fourth-order valence-corrected chi connectivity index (χ4v) is 3.05. The van der Waals surface area contributed by atoms with Gasteiger partial charge in [-0.2, -0.15) is 0 Å². The van der Waals surface area contributed by atoms with Crippen molar-refractivity contribution in [3.63, 3.8) is 0 Å². The predicted molar refractivity (Wildman–Crippen MR) is 94.8 cm³/mol. The first kappa shape index (κ1) is 16.2. The second kappa shape index (κ2) is 7.30. The number of carbonyl (C=O) groups excluding carboxylic acids is 2. The summed E-state index contributed by atoms with van der Waals surface area (Å²) in [5.74, 6) is -0.285. The zero-order valence-electron chi connectivity index (χ0n) is 13.9. The Hall–Kier alpha value is -2.62. The van der Waals surface area contributed by atoms with Crippen LogP contribution in [0.4, 0.5) is 5.69 Å². The molecule has 1 fully saturated rings. The lowest BCUT2D eigenvalue weighted by Gasteiger charge is -2.17. The molecule has 4 heteroatoms. The average Bonchev–Trinajstić information content (AvgIpc) is 2.98. The van der Waals surface area contributed by atoms with E-state index in [9.17, 15) is 9.59 Å². The standard InChI is InChI=1S/C20H22N2O2/c1-15-6-5-9-18(12-15)22-14-17(13-19(22)23)20(24)21-11-10-16-7-3-2-4-8-16/h2-9,12,17H,10-11,13-14H2,1H3,(H,21,24)/t17-/m0/s1. The van der Waals surface area contributed by atoms with Gasteiger partial charge in [0.05, 0.1) is 5.92 Å². The van der Waals surface area contributed by atoms with Gasteiger partial charge in [0.1, 0.15) is 0 Å². The molecule has 1 saturated heterocycles. The van der Waals surface area contributed by atoms with E-state index in [1.807, 2.05) is 61.5 Å². The van der Waals surface area contributed by atoms with Crippen LogP contribution >= 0.6 is 0 Å². The van der Waals surface area contributed by atoms with Crippen molar-refractivity contribution >= 4 is 17.5 Å². The Kier molecular flexibility index (Phi) is 4.94. The molecule has 3 rings (SSSR count). The number of nitrogens with zero attached hydrogens (tertiary/aromatic N) is 1. The molecule has 1 aliphatic rings. The van der Waals surface area contributed by atoms with Crippen LogP contribution in [0.2, 0.25) is 0 Å². The Bertz CT molecular complexity index is 727. The van der Waals surface area contributed by atoms with Crippen LogP contribution < -0.4 is 10.2 Å². The molecule has 1 heterocycles. The van der Waals surface area contributed by atoms with E-state index in [0.717, 1.165) is 17.7 Å². The summed E-state index contributed by atoms with van der Waals surface area (Å²) >= 11 is 0. The molecule has 124 valence electrons. The Balaban J connectivity index is 1.54. The van der Waals surface area contributed by atoms with Crippen LogP contribution in [-0.4, -0.2) is 24.9 Å². The highest BCUT2D eigenvalue weighted by Gasteiger charge is 2.34. The lowest BCUT2D eigenvalue weighted by Crippen LogP contribution is -2.34. The maximum absolute atomic E-state index is 12.3. The zero-order chi connectivity index (χ0) is 16.9. The fraction of sp³-hybridized carbons (Fsp3) is 0.300. The van der Waals surface area contributed by atoms with Crippen LogP contribution in [0, 0.1) is 12.8 Å². The minimum atomic E-state index is -0.270. The number of benzene rings is 2. The molecule has 0 aromatic heterocycles. The monoisotopic (exact) mass is 322 g/mol. The zero-order valence-corrected chi connectivity index (χ0v) is 13.9. The smallest absolute Gasteiger partial charge is 0.227 e. The number of carbonyl (C=O) groups is 2. The third-order valence-corrected chi connectivity index (χ3v) is 4.36. The van der Waals surface area contributed by atoms with E-state index in [-0.39, 0.29) is 24.2 Å². The van der Waals surface area contributed by atoms with Gasteiger partial charge in [-0.25, -0.2) is 0 Å². The third kappa shape index (κ3) is 3.82. The maximum Gasteiger partial charge on any atom is 0.227 e. The van der Waals surface area contributed by atoms with E-state index >= 15 is 0 Å². The summed E-state index contributed by atoms with van der Waals surface area (Å²) < 4.78 is 0. The molecule has 24 heavy (non-hydrogen) atoms. The number of amides is 2. The molecule has 1 aliphatic heterocycles. The van der Waals surface area contributed by atoms with Crippen molar-refractivity contribution in [2.75, 3.05) is 18.0 Å². The molecular weight excluding hydrogens is 300 g/mol. The topological polar surface area (TPSA) is 49.4 Å². The Morgan fingerprint density at radius 1 is 1.17 bits per heavy atom. The molecule has 0 spiro atoms. The molecule has 2 amide bonds.